The van der Waals surface area contributed by atoms with Crippen LogP contribution >= 0.6 is 0 Å². The minimum absolute atomic E-state index is 0.0931. The number of hydroxylamine groups is 1. The van der Waals surface area contributed by atoms with Gasteiger partial charge in [-0.1, -0.05) is 22.2 Å². The topological polar surface area (TPSA) is 57.6 Å². The molecule has 0 bridgehead atoms. The van der Waals surface area contributed by atoms with Crippen LogP contribution in [0.1, 0.15) is 26.3 Å². The Kier molecular flexibility index (Phi) is 3.42. The average molecular weight is 243 g/mol. The summed E-state index contributed by atoms with van der Waals surface area (Å²) in [6.45, 7) is 6.74. The summed E-state index contributed by atoms with van der Waals surface area (Å²) in [6.07, 6.45) is 0. The number of hydrogen-bond donors (Lipinski definition) is 1. The van der Waals surface area contributed by atoms with Crippen molar-refractivity contribution in [1.82, 2.24) is 4.47 Å². The van der Waals surface area contributed by atoms with Crippen LogP contribution in [0.4, 0.5) is 0 Å². The van der Waals surface area contributed by atoms with Gasteiger partial charge in [0.2, 0.25) is 0 Å². The molecular formula is C11H17NO3S. The van der Waals surface area contributed by atoms with Gasteiger partial charge in [-0.05, 0) is 39.8 Å². The molecule has 0 unspecified atom stereocenters. The second-order valence-electron chi connectivity index (χ2n) is 4.73. The predicted molar refractivity (Wildman–Crippen MR) is 61.7 cm³/mol. The van der Waals surface area contributed by atoms with Crippen molar-refractivity contribution in [2.75, 3.05) is 0 Å². The summed E-state index contributed by atoms with van der Waals surface area (Å²) in [5, 5.41) is 9.68. The van der Waals surface area contributed by atoms with Crippen molar-refractivity contribution in [2.24, 2.45) is 0 Å². The van der Waals surface area contributed by atoms with Gasteiger partial charge >= 0.3 is 0 Å². The summed E-state index contributed by atoms with van der Waals surface area (Å²) < 4.78 is 24.3. The Morgan fingerprint density at radius 1 is 1.12 bits per heavy atom. The third-order valence-electron chi connectivity index (χ3n) is 2.12. The van der Waals surface area contributed by atoms with Crippen LogP contribution in [0.15, 0.2) is 29.2 Å². The van der Waals surface area contributed by atoms with E-state index in [4.69, 9.17) is 0 Å². The monoisotopic (exact) mass is 243 g/mol. The molecule has 1 aromatic rings. The first-order valence-corrected chi connectivity index (χ1v) is 6.41. The molecule has 16 heavy (non-hydrogen) atoms. The van der Waals surface area contributed by atoms with Gasteiger partial charge in [0.05, 0.1) is 10.4 Å². The van der Waals surface area contributed by atoms with Gasteiger partial charge in [-0.3, -0.25) is 5.21 Å². The van der Waals surface area contributed by atoms with Crippen LogP contribution in [-0.2, 0) is 10.0 Å². The first-order valence-electron chi connectivity index (χ1n) is 4.97. The van der Waals surface area contributed by atoms with Crippen molar-refractivity contribution in [1.29, 1.82) is 0 Å². The molecule has 0 saturated heterocycles. The molecule has 5 heteroatoms. The molecule has 4 nitrogen and oxygen atoms in total. The maximum atomic E-state index is 12.0. The van der Waals surface area contributed by atoms with Crippen LogP contribution in [-0.4, -0.2) is 23.6 Å². The van der Waals surface area contributed by atoms with E-state index >= 15 is 0 Å². The Balaban J connectivity index is 3.17. The summed E-state index contributed by atoms with van der Waals surface area (Å²) in [7, 11) is -3.82. The second kappa shape index (κ2) is 4.16. The van der Waals surface area contributed by atoms with E-state index in [0.717, 1.165) is 5.56 Å². The van der Waals surface area contributed by atoms with Crippen LogP contribution in [0.5, 0.6) is 0 Å². The van der Waals surface area contributed by atoms with Gasteiger partial charge in [0.1, 0.15) is 0 Å². The summed E-state index contributed by atoms with van der Waals surface area (Å²) in [6, 6.07) is 6.37. The second-order valence-corrected chi connectivity index (χ2v) is 6.50. The molecule has 0 radical (unpaired) electrons. The van der Waals surface area contributed by atoms with Crippen LogP contribution in [0.3, 0.4) is 0 Å². The summed E-state index contributed by atoms with van der Waals surface area (Å²) in [5.41, 5.74) is 0.114. The third-order valence-corrected chi connectivity index (χ3v) is 3.99. The molecule has 0 heterocycles. The lowest BCUT2D eigenvalue weighted by Gasteiger charge is -2.28. The zero-order chi connectivity index (χ0) is 12.6. The lowest BCUT2D eigenvalue weighted by atomic mass is 10.1. The van der Waals surface area contributed by atoms with Crippen LogP contribution in [0.2, 0.25) is 0 Å². The minimum atomic E-state index is -3.82. The summed E-state index contributed by atoms with van der Waals surface area (Å²) in [4.78, 5) is 0.0931. The van der Waals surface area contributed by atoms with E-state index in [9.17, 15) is 13.6 Å². The van der Waals surface area contributed by atoms with Gasteiger partial charge in [-0.2, -0.15) is 0 Å². The smallest absolute Gasteiger partial charge is 0.265 e. The lowest BCUT2D eigenvalue weighted by Crippen LogP contribution is -2.42. The molecule has 1 rings (SSSR count). The van der Waals surface area contributed by atoms with Crippen LogP contribution in [0.25, 0.3) is 0 Å². The highest BCUT2D eigenvalue weighted by Gasteiger charge is 2.32. The molecule has 0 aliphatic carbocycles. The van der Waals surface area contributed by atoms with Crippen LogP contribution in [0, 0.1) is 6.92 Å². The first kappa shape index (κ1) is 13.2. The Hall–Kier alpha value is -0.910. The van der Waals surface area contributed by atoms with E-state index in [1.807, 2.05) is 6.92 Å². The van der Waals surface area contributed by atoms with Crippen molar-refractivity contribution >= 4 is 10.0 Å². The van der Waals surface area contributed by atoms with Gasteiger partial charge in [-0.25, -0.2) is 8.42 Å². The van der Waals surface area contributed by atoms with E-state index in [-0.39, 0.29) is 4.90 Å². The Morgan fingerprint density at radius 3 is 1.94 bits per heavy atom. The third kappa shape index (κ3) is 2.61. The number of nitrogens with zero attached hydrogens (tertiary/aromatic N) is 1. The predicted octanol–water partition coefficient (Wildman–Crippen LogP) is 2.17. The Morgan fingerprint density at radius 2 is 1.56 bits per heavy atom. The van der Waals surface area contributed by atoms with Crippen molar-refractivity contribution < 1.29 is 13.6 Å². The minimum Gasteiger partial charge on any atom is -0.299 e. The zero-order valence-corrected chi connectivity index (χ0v) is 10.7. The fourth-order valence-electron chi connectivity index (χ4n) is 1.17. The van der Waals surface area contributed by atoms with Gasteiger partial charge in [0.25, 0.3) is 10.0 Å². The van der Waals surface area contributed by atoms with Gasteiger partial charge in [0.15, 0.2) is 0 Å². The highest BCUT2D eigenvalue weighted by Crippen LogP contribution is 2.22. The number of sulfonamides is 1. The zero-order valence-electron chi connectivity index (χ0n) is 9.93. The lowest BCUT2D eigenvalue weighted by molar-refractivity contribution is -0.0669. The molecule has 0 atom stereocenters. The average Bonchev–Trinajstić information content (AvgIpc) is 2.16. The van der Waals surface area contributed by atoms with E-state index in [0.29, 0.717) is 4.47 Å². The molecule has 1 aromatic carbocycles. The number of benzene rings is 1. The highest BCUT2D eigenvalue weighted by atomic mass is 32.2. The van der Waals surface area contributed by atoms with Crippen molar-refractivity contribution in [3.05, 3.63) is 29.8 Å². The van der Waals surface area contributed by atoms with E-state index in [2.05, 4.69) is 0 Å². The van der Waals surface area contributed by atoms with Gasteiger partial charge < -0.3 is 0 Å². The fraction of sp³-hybridized carbons (Fsp3) is 0.455. The molecule has 0 aliphatic rings. The maximum absolute atomic E-state index is 12.0. The number of rotatable bonds is 2. The first-order chi connectivity index (χ1) is 7.15. The number of hydrogen-bond acceptors (Lipinski definition) is 3. The molecule has 0 spiro atoms. The standard InChI is InChI=1S/C11H17NO3S/c1-9-5-7-10(8-6-9)16(14,15)12(13)11(2,3)4/h5-8,13H,1-4H3. The summed E-state index contributed by atoms with van der Waals surface area (Å²) in [5.74, 6) is 0. The van der Waals surface area contributed by atoms with E-state index < -0.39 is 15.6 Å². The van der Waals surface area contributed by atoms with Gasteiger partial charge in [0, 0.05) is 0 Å². The van der Waals surface area contributed by atoms with Crippen molar-refractivity contribution in [3.63, 3.8) is 0 Å². The fourth-order valence-corrected chi connectivity index (χ4v) is 2.57. The Labute approximate surface area is 96.5 Å². The SMILES string of the molecule is Cc1ccc(S(=O)(=O)N(O)C(C)(C)C)cc1. The maximum Gasteiger partial charge on any atom is 0.265 e. The number of aryl methyl sites for hydroxylation is 1. The van der Waals surface area contributed by atoms with Gasteiger partial charge in [-0.15, -0.1) is 0 Å². The van der Waals surface area contributed by atoms with E-state index in [1.165, 1.54) is 12.1 Å². The molecule has 90 valence electrons. The molecule has 1 N–H and O–H groups in total. The van der Waals surface area contributed by atoms with Crippen molar-refractivity contribution in [2.45, 2.75) is 38.1 Å². The largest absolute Gasteiger partial charge is 0.299 e. The Bertz CT molecular complexity index is 457. The quantitative estimate of drug-likeness (QED) is 0.810. The molecule has 0 aliphatic heterocycles. The normalized spacial score (nSPS) is 13.1. The van der Waals surface area contributed by atoms with Crippen molar-refractivity contribution in [3.8, 4) is 0 Å². The highest BCUT2D eigenvalue weighted by molar-refractivity contribution is 7.89. The molecule has 0 amide bonds. The van der Waals surface area contributed by atoms with Crippen LogP contribution < -0.4 is 0 Å². The molecular weight excluding hydrogens is 226 g/mol. The summed E-state index contributed by atoms with van der Waals surface area (Å²) >= 11 is 0. The molecule has 0 aromatic heterocycles. The molecule has 0 saturated carbocycles. The van der Waals surface area contributed by atoms with E-state index in [1.54, 1.807) is 32.9 Å². The molecule has 0 fully saturated rings.